The Morgan fingerprint density at radius 2 is 1.85 bits per heavy atom. The lowest BCUT2D eigenvalue weighted by Crippen LogP contribution is -1.98. The lowest BCUT2D eigenvalue weighted by molar-refractivity contribution is 0.304. The zero-order valence-corrected chi connectivity index (χ0v) is 13.4. The molecule has 0 spiro atoms. The summed E-state index contributed by atoms with van der Waals surface area (Å²) in [6, 6.07) is 6.04. The number of rotatable bonds is 8. The minimum Gasteiger partial charge on any atom is -0.494 e. The first-order chi connectivity index (χ1) is 9.77. The van der Waals surface area contributed by atoms with Crippen LogP contribution in [-0.2, 0) is 0 Å². The van der Waals surface area contributed by atoms with E-state index in [0.29, 0.717) is 5.88 Å². The minimum atomic E-state index is 0.371. The fraction of sp³-hybridized carbons (Fsp3) is 0.556. The molecule has 0 N–H and O–H groups in total. The molecule has 0 unspecified atom stereocenters. The molecule has 0 radical (unpaired) electrons. The molecule has 0 aliphatic rings. The molecule has 0 saturated heterocycles. The Morgan fingerprint density at radius 3 is 2.55 bits per heavy atom. The van der Waals surface area contributed by atoms with Gasteiger partial charge in [-0.15, -0.1) is 11.6 Å². The molecule has 0 fully saturated rings. The van der Waals surface area contributed by atoms with Gasteiger partial charge >= 0.3 is 0 Å². The largest absolute Gasteiger partial charge is 0.494 e. The Hall–Kier alpha value is -1.13. The normalized spacial score (nSPS) is 9.95. The molecule has 20 heavy (non-hydrogen) atoms. The Bertz CT molecular complexity index is 442. The second-order valence-electron chi connectivity index (χ2n) is 5.03. The molecule has 0 saturated carbocycles. The molecule has 0 aromatic heterocycles. The Morgan fingerprint density at radius 1 is 1.10 bits per heavy atom. The van der Waals surface area contributed by atoms with E-state index in [1.165, 1.54) is 32.1 Å². The first-order valence-corrected chi connectivity index (χ1v) is 8.09. The third kappa shape index (κ3) is 6.87. The van der Waals surface area contributed by atoms with Crippen LogP contribution in [0.5, 0.6) is 5.75 Å². The summed E-state index contributed by atoms with van der Waals surface area (Å²) < 4.78 is 5.78. The molecule has 1 aromatic rings. The summed E-state index contributed by atoms with van der Waals surface area (Å²) >= 11 is 5.57. The predicted molar refractivity (Wildman–Crippen MR) is 87.6 cm³/mol. The van der Waals surface area contributed by atoms with Crippen LogP contribution in [0.3, 0.4) is 0 Å². The molecule has 0 heterocycles. The minimum absolute atomic E-state index is 0.371. The van der Waals surface area contributed by atoms with Crippen LogP contribution in [0.25, 0.3) is 0 Å². The van der Waals surface area contributed by atoms with Crippen LogP contribution < -0.4 is 4.74 Å². The van der Waals surface area contributed by atoms with E-state index in [1.807, 2.05) is 12.1 Å². The first kappa shape index (κ1) is 16.9. The molecular formula is C18H25ClO. The van der Waals surface area contributed by atoms with E-state index in [-0.39, 0.29) is 0 Å². The summed E-state index contributed by atoms with van der Waals surface area (Å²) in [4.78, 5) is 0. The smallest absolute Gasteiger partial charge is 0.119 e. The number of hydrogen-bond acceptors (Lipinski definition) is 1. The van der Waals surface area contributed by atoms with Gasteiger partial charge in [0, 0.05) is 5.56 Å². The van der Waals surface area contributed by atoms with Crippen molar-refractivity contribution in [3.8, 4) is 17.6 Å². The molecule has 1 aromatic carbocycles. The van der Waals surface area contributed by atoms with Crippen LogP contribution in [-0.4, -0.2) is 12.5 Å². The Kier molecular flexibility index (Phi) is 9.00. The number of aryl methyl sites for hydroxylation is 1. The molecule has 0 amide bonds. The average molecular weight is 293 g/mol. The van der Waals surface area contributed by atoms with E-state index in [9.17, 15) is 0 Å². The van der Waals surface area contributed by atoms with Crippen LogP contribution in [0.4, 0.5) is 0 Å². The van der Waals surface area contributed by atoms with E-state index in [4.69, 9.17) is 16.3 Å². The van der Waals surface area contributed by atoms with Crippen molar-refractivity contribution in [2.75, 3.05) is 12.5 Å². The summed E-state index contributed by atoms with van der Waals surface area (Å²) in [6.45, 7) is 5.10. The number of alkyl halides is 1. The monoisotopic (exact) mass is 292 g/mol. The zero-order chi connectivity index (χ0) is 14.6. The van der Waals surface area contributed by atoms with Gasteiger partial charge in [0.2, 0.25) is 0 Å². The van der Waals surface area contributed by atoms with Crippen molar-refractivity contribution in [2.45, 2.75) is 52.4 Å². The van der Waals surface area contributed by atoms with Gasteiger partial charge in [-0.25, -0.2) is 0 Å². The summed E-state index contributed by atoms with van der Waals surface area (Å²) in [7, 11) is 0. The van der Waals surface area contributed by atoms with Gasteiger partial charge in [0.15, 0.2) is 0 Å². The molecule has 0 bridgehead atoms. The Labute approximate surface area is 128 Å². The molecule has 1 nitrogen and oxygen atoms in total. The van der Waals surface area contributed by atoms with Crippen LogP contribution >= 0.6 is 11.6 Å². The maximum Gasteiger partial charge on any atom is 0.119 e. The van der Waals surface area contributed by atoms with Crippen LogP contribution in [0.15, 0.2) is 18.2 Å². The SMILES string of the molecule is CCCCCCCCOc1ccc(C#CCCl)c(C)c1. The second kappa shape index (κ2) is 10.6. The summed E-state index contributed by atoms with van der Waals surface area (Å²) in [5.74, 6) is 7.23. The number of halogens is 1. The van der Waals surface area contributed by atoms with E-state index >= 15 is 0 Å². The highest BCUT2D eigenvalue weighted by Crippen LogP contribution is 2.17. The van der Waals surface area contributed by atoms with Gasteiger partial charge in [-0.2, -0.15) is 0 Å². The molecule has 110 valence electrons. The summed E-state index contributed by atoms with van der Waals surface area (Å²) in [6.07, 6.45) is 7.72. The number of hydrogen-bond donors (Lipinski definition) is 0. The molecule has 0 atom stereocenters. The van der Waals surface area contributed by atoms with Crippen molar-refractivity contribution < 1.29 is 4.74 Å². The molecule has 1 rings (SSSR count). The fourth-order valence-electron chi connectivity index (χ4n) is 2.07. The van der Waals surface area contributed by atoms with Crippen LogP contribution in [0.2, 0.25) is 0 Å². The van der Waals surface area contributed by atoms with Gasteiger partial charge < -0.3 is 4.74 Å². The number of ether oxygens (including phenoxy) is 1. The van der Waals surface area contributed by atoms with Gasteiger partial charge in [0.25, 0.3) is 0 Å². The highest BCUT2D eigenvalue weighted by molar-refractivity contribution is 6.19. The van der Waals surface area contributed by atoms with Crippen LogP contribution in [0, 0.1) is 18.8 Å². The maximum absolute atomic E-state index is 5.78. The van der Waals surface area contributed by atoms with Crippen molar-refractivity contribution in [1.82, 2.24) is 0 Å². The van der Waals surface area contributed by atoms with Crippen molar-refractivity contribution >= 4 is 11.6 Å². The third-order valence-corrected chi connectivity index (χ3v) is 3.39. The first-order valence-electron chi connectivity index (χ1n) is 7.56. The maximum atomic E-state index is 5.78. The van der Waals surface area contributed by atoms with E-state index in [1.54, 1.807) is 0 Å². The van der Waals surface area contributed by atoms with Gasteiger partial charge in [-0.3, -0.25) is 0 Å². The third-order valence-electron chi connectivity index (χ3n) is 3.25. The second-order valence-corrected chi connectivity index (χ2v) is 5.30. The van der Waals surface area contributed by atoms with Gasteiger partial charge in [0.1, 0.15) is 5.75 Å². The molecular weight excluding hydrogens is 268 g/mol. The zero-order valence-electron chi connectivity index (χ0n) is 12.7. The quantitative estimate of drug-likeness (QED) is 0.358. The van der Waals surface area contributed by atoms with Crippen LogP contribution in [0.1, 0.15) is 56.6 Å². The van der Waals surface area contributed by atoms with Gasteiger partial charge in [0.05, 0.1) is 12.5 Å². The predicted octanol–water partition coefficient (Wildman–Crippen LogP) is 5.32. The number of unbranched alkanes of at least 4 members (excludes halogenated alkanes) is 5. The highest BCUT2D eigenvalue weighted by Gasteiger charge is 1.99. The topological polar surface area (TPSA) is 9.23 Å². The van der Waals surface area contributed by atoms with Gasteiger partial charge in [-0.05, 0) is 37.1 Å². The standard InChI is InChI=1S/C18H25ClO/c1-3-4-5-6-7-8-14-20-18-12-11-17(10-9-13-19)16(2)15-18/h11-12,15H,3-8,13-14H2,1-2H3. The van der Waals surface area contributed by atoms with E-state index < -0.39 is 0 Å². The summed E-state index contributed by atoms with van der Waals surface area (Å²) in [5.41, 5.74) is 2.17. The average Bonchev–Trinajstić information content (AvgIpc) is 2.45. The van der Waals surface area contributed by atoms with Crippen molar-refractivity contribution in [2.24, 2.45) is 0 Å². The Balaban J connectivity index is 2.29. The molecule has 2 heteroatoms. The van der Waals surface area contributed by atoms with Crippen molar-refractivity contribution in [3.05, 3.63) is 29.3 Å². The lowest BCUT2D eigenvalue weighted by Gasteiger charge is -2.08. The van der Waals surface area contributed by atoms with Crippen molar-refractivity contribution in [3.63, 3.8) is 0 Å². The number of benzene rings is 1. The summed E-state index contributed by atoms with van der Waals surface area (Å²) in [5, 5.41) is 0. The van der Waals surface area contributed by atoms with E-state index in [0.717, 1.165) is 29.9 Å². The molecule has 0 aliphatic carbocycles. The van der Waals surface area contributed by atoms with Gasteiger partial charge in [-0.1, -0.05) is 50.9 Å². The van der Waals surface area contributed by atoms with Crippen molar-refractivity contribution in [1.29, 1.82) is 0 Å². The molecule has 0 aliphatic heterocycles. The van der Waals surface area contributed by atoms with E-state index in [2.05, 4.69) is 31.8 Å². The lowest BCUT2D eigenvalue weighted by atomic mass is 10.1. The highest BCUT2D eigenvalue weighted by atomic mass is 35.5. The fourth-order valence-corrected chi connectivity index (χ4v) is 2.13.